The molecule has 22 heavy (non-hydrogen) atoms. The molecule has 120 valence electrons. The number of nitrogens with zero attached hydrogens (tertiary/aromatic N) is 2. The molecule has 1 aliphatic rings. The lowest BCUT2D eigenvalue weighted by Gasteiger charge is -2.24. The molecule has 1 amide bonds. The second-order valence-corrected chi connectivity index (χ2v) is 4.50. The van der Waals surface area contributed by atoms with Gasteiger partial charge in [-0.05, 0) is 25.1 Å². The van der Waals surface area contributed by atoms with E-state index in [0.29, 0.717) is 0 Å². The summed E-state index contributed by atoms with van der Waals surface area (Å²) in [7, 11) is 1.48. The third kappa shape index (κ3) is 3.68. The van der Waals surface area contributed by atoms with Gasteiger partial charge in [-0.3, -0.25) is 9.80 Å². The molecule has 9 heteroatoms. The van der Waals surface area contributed by atoms with Crippen LogP contribution < -0.4 is 15.9 Å². The number of amides is 1. The smallest absolute Gasteiger partial charge is 0.357 e. The summed E-state index contributed by atoms with van der Waals surface area (Å²) in [5.74, 6) is -0.326. The lowest BCUT2D eigenvalue weighted by atomic mass is 10.2. The molecular weight excluding hydrogens is 301 g/mol. The van der Waals surface area contributed by atoms with E-state index < -0.39 is 17.8 Å². The van der Waals surface area contributed by atoms with Gasteiger partial charge < -0.3 is 5.32 Å². The van der Waals surface area contributed by atoms with Gasteiger partial charge in [0.2, 0.25) is 0 Å². The molecule has 6 nitrogen and oxygen atoms in total. The summed E-state index contributed by atoms with van der Waals surface area (Å²) in [6, 6.07) is 4.82. The van der Waals surface area contributed by atoms with E-state index in [1.54, 1.807) is 6.92 Å². The fraction of sp³-hybridized carbons (Fsp3) is 0.308. The van der Waals surface area contributed by atoms with Crippen molar-refractivity contribution in [2.45, 2.75) is 19.2 Å². The van der Waals surface area contributed by atoms with Crippen LogP contribution in [0.15, 0.2) is 36.7 Å². The van der Waals surface area contributed by atoms with Crippen LogP contribution >= 0.6 is 0 Å². The van der Waals surface area contributed by atoms with Gasteiger partial charge in [0.15, 0.2) is 6.10 Å². The topological polar surface area (TPSA) is 56.8 Å². The average Bonchev–Trinajstić information content (AvgIpc) is 2.94. The molecular formula is C13H15F3N4O2. The van der Waals surface area contributed by atoms with E-state index in [9.17, 15) is 18.0 Å². The highest BCUT2D eigenvalue weighted by Gasteiger charge is 2.31. The summed E-state index contributed by atoms with van der Waals surface area (Å²) < 4.78 is 38.1. The molecule has 0 saturated heterocycles. The molecule has 1 heterocycles. The number of likely N-dealkylation sites (N-methyl/N-ethyl adjacent to an activating group) is 1. The number of hydrazine groups is 2. The molecule has 2 rings (SSSR count). The third-order valence-corrected chi connectivity index (χ3v) is 2.90. The highest BCUT2D eigenvalue weighted by molar-refractivity contribution is 5.79. The summed E-state index contributed by atoms with van der Waals surface area (Å²) in [5, 5.41) is 4.90. The minimum atomic E-state index is -4.41. The number of rotatable bonds is 4. The molecule has 1 unspecified atom stereocenters. The van der Waals surface area contributed by atoms with Crippen molar-refractivity contribution in [3.8, 4) is 0 Å². The Morgan fingerprint density at radius 1 is 1.36 bits per heavy atom. The van der Waals surface area contributed by atoms with Crippen molar-refractivity contribution < 1.29 is 22.8 Å². The number of alkyl halides is 3. The first kappa shape index (κ1) is 16.1. The van der Waals surface area contributed by atoms with Crippen LogP contribution in [-0.2, 0) is 15.8 Å². The van der Waals surface area contributed by atoms with Gasteiger partial charge in [0.1, 0.15) is 0 Å². The highest BCUT2D eigenvalue weighted by Crippen LogP contribution is 2.31. The molecule has 0 fully saturated rings. The minimum absolute atomic E-state index is 0.282. The van der Waals surface area contributed by atoms with Crippen LogP contribution in [0.1, 0.15) is 12.5 Å². The number of hydrogen-bond donors (Lipinski definition) is 2. The van der Waals surface area contributed by atoms with Gasteiger partial charge in [0.25, 0.3) is 5.91 Å². The SMILES string of the molecule is CNC(=O)C(C)ON1C=CN(c2cccc(C(F)(F)F)c2)N1. The van der Waals surface area contributed by atoms with Crippen LogP contribution in [0, 0.1) is 0 Å². The first-order valence-electron chi connectivity index (χ1n) is 6.40. The van der Waals surface area contributed by atoms with Gasteiger partial charge in [0, 0.05) is 13.2 Å². The van der Waals surface area contributed by atoms with Gasteiger partial charge in [-0.15, -0.1) is 5.53 Å². The Kier molecular flexibility index (Phi) is 4.57. The number of hydroxylamine groups is 1. The van der Waals surface area contributed by atoms with Gasteiger partial charge in [-0.25, -0.2) is 4.84 Å². The largest absolute Gasteiger partial charge is 0.416 e. The molecule has 0 aliphatic carbocycles. The summed E-state index contributed by atoms with van der Waals surface area (Å²) in [4.78, 5) is 16.6. The average molecular weight is 316 g/mol. The number of carbonyl (C=O) groups is 1. The second kappa shape index (κ2) is 6.24. The van der Waals surface area contributed by atoms with Crippen molar-refractivity contribution in [2.24, 2.45) is 0 Å². The fourth-order valence-electron chi connectivity index (χ4n) is 1.76. The molecule has 0 saturated carbocycles. The van der Waals surface area contributed by atoms with E-state index in [0.717, 1.165) is 17.3 Å². The molecule has 2 N–H and O–H groups in total. The number of hydrogen-bond acceptors (Lipinski definition) is 5. The maximum Gasteiger partial charge on any atom is 0.416 e. The van der Waals surface area contributed by atoms with Crippen LogP contribution in [0.3, 0.4) is 0 Å². The van der Waals surface area contributed by atoms with Crippen molar-refractivity contribution in [2.75, 3.05) is 12.1 Å². The maximum absolute atomic E-state index is 12.7. The Morgan fingerprint density at radius 2 is 2.09 bits per heavy atom. The molecule has 1 aromatic carbocycles. The van der Waals surface area contributed by atoms with Gasteiger partial charge in [0.05, 0.1) is 17.5 Å². The monoisotopic (exact) mass is 316 g/mol. The molecule has 0 spiro atoms. The maximum atomic E-state index is 12.7. The molecule has 1 aromatic rings. The summed E-state index contributed by atoms with van der Waals surface area (Å²) in [6.07, 6.45) is -2.25. The third-order valence-electron chi connectivity index (χ3n) is 2.90. The zero-order valence-corrected chi connectivity index (χ0v) is 11.9. The van der Waals surface area contributed by atoms with E-state index >= 15 is 0 Å². The molecule has 0 bridgehead atoms. The van der Waals surface area contributed by atoms with Crippen molar-refractivity contribution in [3.63, 3.8) is 0 Å². The first-order chi connectivity index (χ1) is 10.3. The number of benzene rings is 1. The quantitative estimate of drug-likeness (QED) is 0.887. The number of halogens is 3. The van der Waals surface area contributed by atoms with Crippen LogP contribution in [0.2, 0.25) is 0 Å². The van der Waals surface area contributed by atoms with E-state index in [1.165, 1.54) is 36.6 Å². The van der Waals surface area contributed by atoms with Crippen molar-refractivity contribution >= 4 is 11.6 Å². The summed E-state index contributed by atoms with van der Waals surface area (Å²) in [6.45, 7) is 1.54. The summed E-state index contributed by atoms with van der Waals surface area (Å²) in [5.41, 5.74) is 2.21. The van der Waals surface area contributed by atoms with Crippen molar-refractivity contribution in [1.82, 2.24) is 16.0 Å². The Hall–Kier alpha value is -2.26. The fourth-order valence-corrected chi connectivity index (χ4v) is 1.76. The number of nitrogens with one attached hydrogen (secondary N) is 2. The van der Waals surface area contributed by atoms with Gasteiger partial charge in [-0.2, -0.15) is 18.3 Å². The lowest BCUT2D eigenvalue weighted by molar-refractivity contribution is -0.191. The molecule has 1 aliphatic heterocycles. The van der Waals surface area contributed by atoms with Crippen LogP contribution in [-0.4, -0.2) is 24.2 Å². The standard InChI is InChI=1S/C13H15F3N4O2/c1-9(12(21)17-2)22-20-7-6-19(18-20)11-5-3-4-10(8-11)13(14,15)16/h3-9,18H,1-2H3,(H,17,21). The summed E-state index contributed by atoms with van der Waals surface area (Å²) >= 11 is 0. The van der Waals surface area contributed by atoms with Gasteiger partial charge in [-0.1, -0.05) is 6.07 Å². The van der Waals surface area contributed by atoms with E-state index in [4.69, 9.17) is 4.84 Å². The van der Waals surface area contributed by atoms with Gasteiger partial charge >= 0.3 is 6.18 Å². The van der Waals surface area contributed by atoms with E-state index in [2.05, 4.69) is 10.9 Å². The molecule has 1 atom stereocenters. The normalized spacial score (nSPS) is 16.0. The minimum Gasteiger partial charge on any atom is -0.357 e. The predicted molar refractivity (Wildman–Crippen MR) is 72.7 cm³/mol. The number of carbonyl (C=O) groups excluding carboxylic acids is 1. The first-order valence-corrected chi connectivity index (χ1v) is 6.40. The Balaban J connectivity index is 2.02. The highest BCUT2D eigenvalue weighted by atomic mass is 19.4. The van der Waals surface area contributed by atoms with Crippen molar-refractivity contribution in [3.05, 3.63) is 42.2 Å². The zero-order chi connectivity index (χ0) is 16.3. The van der Waals surface area contributed by atoms with E-state index in [1.807, 2.05) is 0 Å². The Labute approximate surface area is 125 Å². The van der Waals surface area contributed by atoms with Crippen LogP contribution in [0.4, 0.5) is 18.9 Å². The zero-order valence-electron chi connectivity index (χ0n) is 11.9. The predicted octanol–water partition coefficient (Wildman–Crippen LogP) is 1.78. The Morgan fingerprint density at radius 3 is 2.73 bits per heavy atom. The van der Waals surface area contributed by atoms with E-state index in [-0.39, 0.29) is 11.6 Å². The Bertz CT molecular complexity index is 577. The van der Waals surface area contributed by atoms with Crippen molar-refractivity contribution in [1.29, 1.82) is 0 Å². The second-order valence-electron chi connectivity index (χ2n) is 4.50. The molecule has 0 radical (unpaired) electrons. The van der Waals surface area contributed by atoms with Crippen LogP contribution in [0.25, 0.3) is 0 Å². The lowest BCUT2D eigenvalue weighted by Crippen LogP contribution is -2.44. The molecule has 0 aromatic heterocycles. The number of anilines is 1. The van der Waals surface area contributed by atoms with Crippen LogP contribution in [0.5, 0.6) is 0 Å².